The minimum Gasteiger partial charge on any atom is -0.480 e. The monoisotopic (exact) mass is 237 g/mol. The zero-order chi connectivity index (χ0) is 13.0. The fourth-order valence-electron chi connectivity index (χ4n) is 1.44. The van der Waals surface area contributed by atoms with Gasteiger partial charge in [0.2, 0.25) is 0 Å². The molecule has 0 aliphatic rings. The first-order valence-corrected chi connectivity index (χ1v) is 5.21. The highest BCUT2D eigenvalue weighted by molar-refractivity contribution is 5.97. The smallest absolute Gasteiger partial charge is 0.328 e. The maximum atomic E-state index is 11.8. The summed E-state index contributed by atoms with van der Waals surface area (Å²) >= 11 is 0. The number of aliphatic hydroxyl groups is 1. The molecule has 0 unspecified atom stereocenters. The van der Waals surface area contributed by atoms with Crippen LogP contribution in [-0.2, 0) is 4.79 Å². The van der Waals surface area contributed by atoms with Crippen molar-refractivity contribution in [3.63, 3.8) is 0 Å². The molecular formula is C12H15NO4. The van der Waals surface area contributed by atoms with Gasteiger partial charge >= 0.3 is 5.97 Å². The van der Waals surface area contributed by atoms with Crippen LogP contribution in [0.4, 0.5) is 0 Å². The third-order valence-corrected chi connectivity index (χ3v) is 2.42. The van der Waals surface area contributed by atoms with Crippen LogP contribution in [0.5, 0.6) is 0 Å². The molecule has 1 amide bonds. The average Bonchev–Trinajstić information content (AvgIpc) is 2.25. The number of nitrogens with one attached hydrogen (secondary N) is 1. The molecule has 1 rings (SSSR count). The topological polar surface area (TPSA) is 86.6 Å². The van der Waals surface area contributed by atoms with Crippen molar-refractivity contribution >= 4 is 11.9 Å². The quantitative estimate of drug-likeness (QED) is 0.714. The second-order valence-corrected chi connectivity index (χ2v) is 3.84. The van der Waals surface area contributed by atoms with E-state index in [0.29, 0.717) is 5.56 Å². The summed E-state index contributed by atoms with van der Waals surface area (Å²) in [4.78, 5) is 22.6. The van der Waals surface area contributed by atoms with Crippen LogP contribution in [0.3, 0.4) is 0 Å². The molecule has 1 aromatic rings. The normalized spacial score (nSPS) is 13.8. The lowest BCUT2D eigenvalue weighted by Gasteiger charge is -2.17. The Morgan fingerprint density at radius 1 is 1.29 bits per heavy atom. The number of hydrogen-bond acceptors (Lipinski definition) is 3. The third-order valence-electron chi connectivity index (χ3n) is 2.42. The lowest BCUT2D eigenvalue weighted by molar-refractivity contribution is -0.141. The standard InChI is InChI=1S/C12H15NO4/c1-7-5-3-4-6-9(7)11(15)13-10(8(2)14)12(16)17/h3-6,8,10,14H,1-2H3,(H,13,15)(H,16,17)/t8-,10+/m1/s1. The van der Waals surface area contributed by atoms with Gasteiger partial charge in [-0.3, -0.25) is 4.79 Å². The molecule has 0 heterocycles. The Bertz CT molecular complexity index is 428. The first-order valence-electron chi connectivity index (χ1n) is 5.21. The lowest BCUT2D eigenvalue weighted by atomic mass is 10.1. The van der Waals surface area contributed by atoms with Gasteiger partial charge in [-0.1, -0.05) is 18.2 Å². The zero-order valence-corrected chi connectivity index (χ0v) is 9.68. The van der Waals surface area contributed by atoms with E-state index in [4.69, 9.17) is 5.11 Å². The zero-order valence-electron chi connectivity index (χ0n) is 9.68. The van der Waals surface area contributed by atoms with Gasteiger partial charge in [0, 0.05) is 5.56 Å². The molecule has 0 fully saturated rings. The predicted molar refractivity (Wildman–Crippen MR) is 61.7 cm³/mol. The summed E-state index contributed by atoms with van der Waals surface area (Å²) in [7, 11) is 0. The van der Waals surface area contributed by atoms with Crippen molar-refractivity contribution in [3.05, 3.63) is 35.4 Å². The minimum atomic E-state index is -1.30. The Kier molecular flexibility index (Phi) is 4.23. The fourth-order valence-corrected chi connectivity index (χ4v) is 1.44. The van der Waals surface area contributed by atoms with Gasteiger partial charge in [-0.25, -0.2) is 4.79 Å². The van der Waals surface area contributed by atoms with E-state index in [9.17, 15) is 14.7 Å². The molecule has 0 aliphatic heterocycles. The number of carboxylic acid groups (broad SMARTS) is 1. The second-order valence-electron chi connectivity index (χ2n) is 3.84. The molecule has 17 heavy (non-hydrogen) atoms. The van der Waals surface area contributed by atoms with Gasteiger partial charge in [0.05, 0.1) is 6.10 Å². The predicted octanol–water partition coefficient (Wildman–Crippen LogP) is 0.559. The van der Waals surface area contributed by atoms with Gasteiger partial charge in [-0.2, -0.15) is 0 Å². The number of benzene rings is 1. The lowest BCUT2D eigenvalue weighted by Crippen LogP contribution is -2.47. The van der Waals surface area contributed by atoms with Crippen molar-refractivity contribution in [3.8, 4) is 0 Å². The summed E-state index contributed by atoms with van der Waals surface area (Å²) in [5, 5.41) is 20.4. The van der Waals surface area contributed by atoms with E-state index in [0.717, 1.165) is 5.56 Å². The molecule has 0 saturated carbocycles. The van der Waals surface area contributed by atoms with Gasteiger partial charge < -0.3 is 15.5 Å². The van der Waals surface area contributed by atoms with E-state index in [1.165, 1.54) is 6.92 Å². The largest absolute Gasteiger partial charge is 0.480 e. The van der Waals surface area contributed by atoms with Crippen molar-refractivity contribution in [1.82, 2.24) is 5.32 Å². The SMILES string of the molecule is Cc1ccccc1C(=O)N[C@H](C(=O)O)[C@@H](C)O. The Morgan fingerprint density at radius 2 is 1.88 bits per heavy atom. The van der Waals surface area contributed by atoms with Crippen molar-refractivity contribution in [2.45, 2.75) is 26.0 Å². The van der Waals surface area contributed by atoms with Crippen molar-refractivity contribution in [2.75, 3.05) is 0 Å². The number of amides is 1. The Morgan fingerprint density at radius 3 is 2.35 bits per heavy atom. The van der Waals surface area contributed by atoms with Gasteiger partial charge in [0.25, 0.3) is 5.91 Å². The highest BCUT2D eigenvalue weighted by Crippen LogP contribution is 2.07. The molecule has 1 aromatic carbocycles. The molecule has 0 radical (unpaired) electrons. The van der Waals surface area contributed by atoms with Crippen molar-refractivity contribution < 1.29 is 19.8 Å². The number of carboxylic acids is 1. The number of rotatable bonds is 4. The molecule has 0 aliphatic carbocycles. The maximum absolute atomic E-state index is 11.8. The number of hydrogen-bond donors (Lipinski definition) is 3. The van der Waals surface area contributed by atoms with Gasteiger partial charge in [-0.15, -0.1) is 0 Å². The van der Waals surface area contributed by atoms with E-state index in [1.807, 2.05) is 0 Å². The summed E-state index contributed by atoms with van der Waals surface area (Å²) < 4.78 is 0. The highest BCUT2D eigenvalue weighted by Gasteiger charge is 2.25. The molecule has 2 atom stereocenters. The molecule has 0 bridgehead atoms. The van der Waals surface area contributed by atoms with Crippen LogP contribution in [0.15, 0.2) is 24.3 Å². The number of carbonyl (C=O) groups excluding carboxylic acids is 1. The number of aliphatic hydroxyl groups excluding tert-OH is 1. The van der Waals surface area contributed by atoms with Crippen LogP contribution >= 0.6 is 0 Å². The summed E-state index contributed by atoms with van der Waals surface area (Å²) in [6.07, 6.45) is -1.15. The van der Waals surface area contributed by atoms with Gasteiger partial charge in [0.1, 0.15) is 0 Å². The molecule has 0 saturated heterocycles. The summed E-state index contributed by atoms with van der Waals surface area (Å²) in [6.45, 7) is 3.07. The summed E-state index contributed by atoms with van der Waals surface area (Å²) in [5.74, 6) is -1.77. The van der Waals surface area contributed by atoms with Crippen LogP contribution in [0.1, 0.15) is 22.8 Å². The van der Waals surface area contributed by atoms with E-state index >= 15 is 0 Å². The van der Waals surface area contributed by atoms with Crippen LogP contribution in [0.2, 0.25) is 0 Å². The Hall–Kier alpha value is -1.88. The van der Waals surface area contributed by atoms with E-state index < -0.39 is 24.0 Å². The Balaban J connectivity index is 2.85. The number of carbonyl (C=O) groups is 2. The van der Waals surface area contributed by atoms with Crippen molar-refractivity contribution in [2.24, 2.45) is 0 Å². The van der Waals surface area contributed by atoms with Crippen LogP contribution in [-0.4, -0.2) is 34.2 Å². The van der Waals surface area contributed by atoms with Crippen LogP contribution < -0.4 is 5.32 Å². The van der Waals surface area contributed by atoms with Crippen LogP contribution in [0.25, 0.3) is 0 Å². The van der Waals surface area contributed by atoms with E-state index in [2.05, 4.69) is 5.32 Å². The molecule has 5 nitrogen and oxygen atoms in total. The minimum absolute atomic E-state index is 0.402. The molecule has 0 aromatic heterocycles. The van der Waals surface area contributed by atoms with E-state index in [-0.39, 0.29) is 0 Å². The maximum Gasteiger partial charge on any atom is 0.328 e. The molecule has 0 spiro atoms. The summed E-state index contributed by atoms with van der Waals surface area (Å²) in [5.41, 5.74) is 1.15. The number of aliphatic carboxylic acids is 1. The second kappa shape index (κ2) is 5.45. The van der Waals surface area contributed by atoms with Gasteiger partial charge in [-0.05, 0) is 25.5 Å². The molecule has 3 N–H and O–H groups in total. The average molecular weight is 237 g/mol. The first kappa shape index (κ1) is 13.2. The van der Waals surface area contributed by atoms with E-state index in [1.54, 1.807) is 31.2 Å². The number of aryl methyl sites for hydroxylation is 1. The molecular weight excluding hydrogens is 222 g/mol. The molecule has 92 valence electrons. The van der Waals surface area contributed by atoms with Gasteiger partial charge in [0.15, 0.2) is 6.04 Å². The van der Waals surface area contributed by atoms with Crippen molar-refractivity contribution in [1.29, 1.82) is 0 Å². The van der Waals surface area contributed by atoms with Crippen LogP contribution in [0, 0.1) is 6.92 Å². The molecule has 5 heteroatoms. The summed E-state index contributed by atoms with van der Waals surface area (Å²) in [6, 6.07) is 5.54. The Labute approximate surface area is 99.1 Å². The third kappa shape index (κ3) is 3.29. The highest BCUT2D eigenvalue weighted by atomic mass is 16.4. The first-order chi connectivity index (χ1) is 7.93. The fraction of sp³-hybridized carbons (Fsp3) is 0.333.